The molecule has 7 nitrogen and oxygen atoms in total. The first kappa shape index (κ1) is 28.6. The molecule has 2 aromatic carbocycles. The molecule has 1 amide bonds. The summed E-state index contributed by atoms with van der Waals surface area (Å²) < 4.78 is 12.4. The standard InChI is InChI=1S/C38H44N4O3/c1-24-7-4-5-10-29(24)35-31(36(45-40-35)26-11-12-26)19-25-22-38(23-25)15-17-42(18-16-38)27-13-14-32-30(20-27)34(44-28-8-6-9-28)21-33(39-32)37(43)41(2)3/h4-5,7,10,13-14,20-21,25-26,28H,6,8-9,11-12,15-19,22-23H2,1-3H3. The van der Waals surface area contributed by atoms with E-state index in [-0.39, 0.29) is 12.0 Å². The monoisotopic (exact) mass is 604 g/mol. The van der Waals surface area contributed by atoms with Crippen molar-refractivity contribution in [3.05, 3.63) is 71.1 Å². The Morgan fingerprint density at radius 1 is 1.04 bits per heavy atom. The maximum Gasteiger partial charge on any atom is 0.272 e. The van der Waals surface area contributed by atoms with Crippen molar-refractivity contribution in [3.63, 3.8) is 0 Å². The van der Waals surface area contributed by atoms with Crippen molar-refractivity contribution in [1.82, 2.24) is 15.0 Å². The summed E-state index contributed by atoms with van der Waals surface area (Å²) in [6.07, 6.45) is 12.2. The number of piperidine rings is 1. The van der Waals surface area contributed by atoms with E-state index in [1.54, 1.807) is 19.0 Å². The van der Waals surface area contributed by atoms with Crippen molar-refractivity contribution in [3.8, 4) is 17.0 Å². The maximum absolute atomic E-state index is 12.8. The highest BCUT2D eigenvalue weighted by atomic mass is 16.5. The molecule has 4 fully saturated rings. The number of carbonyl (C=O) groups excluding carboxylic acids is 1. The van der Waals surface area contributed by atoms with Crippen LogP contribution in [-0.2, 0) is 6.42 Å². The molecule has 234 valence electrons. The van der Waals surface area contributed by atoms with Crippen molar-refractivity contribution in [1.29, 1.82) is 0 Å². The first-order valence-electron chi connectivity index (χ1n) is 17.0. The van der Waals surface area contributed by atoms with Crippen molar-refractivity contribution in [2.45, 2.75) is 83.2 Å². The Bertz CT molecular complexity index is 1740. The molecule has 3 saturated carbocycles. The fourth-order valence-corrected chi connectivity index (χ4v) is 7.97. The average molecular weight is 605 g/mol. The van der Waals surface area contributed by atoms with E-state index in [0.29, 0.717) is 22.9 Å². The van der Waals surface area contributed by atoms with Crippen molar-refractivity contribution in [2.24, 2.45) is 11.3 Å². The second kappa shape index (κ2) is 11.2. The SMILES string of the molecule is Cc1ccccc1-c1noc(C2CC2)c1CC1CC2(CCN(c3ccc4nc(C(=O)N(C)C)cc(OC5CCC5)c4c3)CC2)C1. The molecule has 7 heteroatoms. The lowest BCUT2D eigenvalue weighted by Gasteiger charge is -2.53. The number of hydrogen-bond donors (Lipinski definition) is 0. The Balaban J connectivity index is 0.960. The van der Waals surface area contributed by atoms with Gasteiger partial charge in [0, 0.05) is 61.4 Å². The average Bonchev–Trinajstić information content (AvgIpc) is 3.77. The molecule has 2 aromatic heterocycles. The van der Waals surface area contributed by atoms with Gasteiger partial charge in [0.2, 0.25) is 0 Å². The van der Waals surface area contributed by atoms with E-state index in [1.165, 1.54) is 67.3 Å². The van der Waals surface area contributed by atoms with Gasteiger partial charge in [0.05, 0.1) is 11.6 Å². The molecule has 3 heterocycles. The number of anilines is 1. The highest BCUT2D eigenvalue weighted by molar-refractivity contribution is 5.97. The molecular weight excluding hydrogens is 560 g/mol. The molecule has 0 bridgehead atoms. The van der Waals surface area contributed by atoms with Gasteiger partial charge in [-0.15, -0.1) is 0 Å². The van der Waals surface area contributed by atoms with Gasteiger partial charge in [-0.25, -0.2) is 4.98 Å². The molecule has 0 unspecified atom stereocenters. The van der Waals surface area contributed by atoms with Crippen LogP contribution >= 0.6 is 0 Å². The molecule has 0 N–H and O–H groups in total. The third kappa shape index (κ3) is 5.38. The minimum Gasteiger partial charge on any atom is -0.490 e. The summed E-state index contributed by atoms with van der Waals surface area (Å²) >= 11 is 0. The van der Waals surface area contributed by atoms with Gasteiger partial charge in [-0.2, -0.15) is 0 Å². The van der Waals surface area contributed by atoms with E-state index in [0.717, 1.165) is 60.5 Å². The highest BCUT2D eigenvalue weighted by Crippen LogP contribution is 2.55. The summed E-state index contributed by atoms with van der Waals surface area (Å²) in [6.45, 7) is 4.31. The molecule has 0 radical (unpaired) electrons. The molecule has 3 aliphatic carbocycles. The molecule has 1 saturated heterocycles. The van der Waals surface area contributed by atoms with Crippen LogP contribution in [0.3, 0.4) is 0 Å². The molecule has 8 rings (SSSR count). The summed E-state index contributed by atoms with van der Waals surface area (Å²) in [7, 11) is 3.53. The summed E-state index contributed by atoms with van der Waals surface area (Å²) in [4.78, 5) is 21.6. The van der Waals surface area contributed by atoms with Gasteiger partial charge in [0.15, 0.2) is 0 Å². The van der Waals surface area contributed by atoms with E-state index in [1.807, 2.05) is 6.07 Å². The largest absolute Gasteiger partial charge is 0.490 e. The summed E-state index contributed by atoms with van der Waals surface area (Å²) in [5.74, 6) is 3.12. The third-order valence-electron chi connectivity index (χ3n) is 11.0. The van der Waals surface area contributed by atoms with Gasteiger partial charge >= 0.3 is 0 Å². The van der Waals surface area contributed by atoms with Crippen LogP contribution < -0.4 is 9.64 Å². The smallest absolute Gasteiger partial charge is 0.272 e. The van der Waals surface area contributed by atoms with Crippen LogP contribution in [-0.4, -0.2) is 54.2 Å². The summed E-state index contributed by atoms with van der Waals surface area (Å²) in [5.41, 5.74) is 7.88. The number of pyridine rings is 1. The molecule has 45 heavy (non-hydrogen) atoms. The zero-order chi connectivity index (χ0) is 30.7. The fraction of sp³-hybridized carbons (Fsp3) is 0.500. The van der Waals surface area contributed by atoms with Crippen LogP contribution in [0.25, 0.3) is 22.2 Å². The predicted octanol–water partition coefficient (Wildman–Crippen LogP) is 7.95. The molecule has 0 atom stereocenters. The normalized spacial score (nSPS) is 19.8. The van der Waals surface area contributed by atoms with Crippen LogP contribution in [0.4, 0.5) is 5.69 Å². The van der Waals surface area contributed by atoms with Crippen molar-refractivity contribution < 1.29 is 14.1 Å². The van der Waals surface area contributed by atoms with Gasteiger partial charge in [0.1, 0.15) is 22.9 Å². The van der Waals surface area contributed by atoms with Gasteiger partial charge in [0.25, 0.3) is 5.91 Å². The molecule has 4 aliphatic rings. The first-order chi connectivity index (χ1) is 21.9. The molecule has 4 aromatic rings. The minimum absolute atomic E-state index is 0.0984. The predicted molar refractivity (Wildman–Crippen MR) is 177 cm³/mol. The van der Waals surface area contributed by atoms with Crippen molar-refractivity contribution >= 4 is 22.5 Å². The maximum atomic E-state index is 12.8. The van der Waals surface area contributed by atoms with Crippen LogP contribution in [0.1, 0.15) is 91.1 Å². The number of carbonyl (C=O) groups is 1. The second-order valence-corrected chi connectivity index (χ2v) is 14.5. The van der Waals surface area contributed by atoms with Gasteiger partial charge in [-0.1, -0.05) is 29.4 Å². The fourth-order valence-electron chi connectivity index (χ4n) is 7.97. The van der Waals surface area contributed by atoms with Gasteiger partial charge in [-0.3, -0.25) is 4.79 Å². The zero-order valence-electron chi connectivity index (χ0n) is 26.8. The minimum atomic E-state index is -0.0984. The Labute approximate surface area is 265 Å². The lowest BCUT2D eigenvalue weighted by Crippen LogP contribution is -2.47. The Morgan fingerprint density at radius 2 is 1.82 bits per heavy atom. The quantitative estimate of drug-likeness (QED) is 0.203. The Kier molecular flexibility index (Phi) is 7.10. The molecule has 1 spiro atoms. The first-order valence-corrected chi connectivity index (χ1v) is 17.0. The van der Waals surface area contributed by atoms with E-state index in [9.17, 15) is 4.79 Å². The van der Waals surface area contributed by atoms with Gasteiger partial charge in [-0.05, 0) is 106 Å². The van der Waals surface area contributed by atoms with Crippen LogP contribution in [0.5, 0.6) is 5.75 Å². The number of aromatic nitrogens is 2. The Morgan fingerprint density at radius 3 is 2.51 bits per heavy atom. The second-order valence-electron chi connectivity index (χ2n) is 14.5. The molecule has 1 aliphatic heterocycles. The van der Waals surface area contributed by atoms with E-state index in [2.05, 4.69) is 59.4 Å². The number of rotatable bonds is 8. The number of aryl methyl sites for hydroxylation is 1. The van der Waals surface area contributed by atoms with E-state index < -0.39 is 0 Å². The van der Waals surface area contributed by atoms with Crippen LogP contribution in [0, 0.1) is 18.3 Å². The number of hydrogen-bond acceptors (Lipinski definition) is 6. The number of amides is 1. The van der Waals surface area contributed by atoms with Crippen LogP contribution in [0.15, 0.2) is 53.1 Å². The zero-order valence-corrected chi connectivity index (χ0v) is 26.8. The lowest BCUT2D eigenvalue weighted by atomic mass is 9.56. The number of fused-ring (bicyclic) bond motifs is 1. The number of benzene rings is 2. The Hall–Kier alpha value is -3.87. The van der Waals surface area contributed by atoms with Gasteiger partial charge < -0.3 is 19.1 Å². The van der Waals surface area contributed by atoms with Crippen LogP contribution in [0.2, 0.25) is 0 Å². The number of nitrogens with zero attached hydrogens (tertiary/aromatic N) is 4. The third-order valence-corrected chi connectivity index (χ3v) is 11.0. The van der Waals surface area contributed by atoms with E-state index >= 15 is 0 Å². The topological polar surface area (TPSA) is 71.7 Å². The van der Waals surface area contributed by atoms with Crippen molar-refractivity contribution in [2.75, 3.05) is 32.1 Å². The highest BCUT2D eigenvalue weighted by Gasteiger charge is 2.46. The van der Waals surface area contributed by atoms with E-state index in [4.69, 9.17) is 14.2 Å². The summed E-state index contributed by atoms with van der Waals surface area (Å²) in [6, 6.07) is 16.9. The summed E-state index contributed by atoms with van der Waals surface area (Å²) in [5, 5.41) is 5.63. The lowest BCUT2D eigenvalue weighted by molar-refractivity contribution is 0.0282. The number of ether oxygens (including phenoxy) is 1. The molecular formula is C38H44N4O3.